The van der Waals surface area contributed by atoms with Crippen LogP contribution in [0, 0.1) is 5.92 Å². The Morgan fingerprint density at radius 1 is 1.14 bits per heavy atom. The van der Waals surface area contributed by atoms with Crippen LogP contribution in [0.5, 0.6) is 0 Å². The Hall–Kier alpha value is -0.470. The smallest absolute Gasteiger partial charge is 0.0296 e. The molecular formula is C12H17NS. The van der Waals surface area contributed by atoms with Gasteiger partial charge in [-0.2, -0.15) is 12.6 Å². The molecule has 1 aromatic carbocycles. The van der Waals surface area contributed by atoms with Crippen molar-refractivity contribution in [2.24, 2.45) is 5.92 Å². The van der Waals surface area contributed by atoms with Gasteiger partial charge in [0.05, 0.1) is 0 Å². The predicted molar refractivity (Wildman–Crippen MR) is 63.8 cm³/mol. The van der Waals surface area contributed by atoms with Crippen LogP contribution in [0.4, 0.5) is 0 Å². The zero-order valence-electron chi connectivity index (χ0n) is 8.32. The Kier molecular flexibility index (Phi) is 3.49. The first-order valence-corrected chi connectivity index (χ1v) is 5.83. The minimum atomic E-state index is 0.415. The minimum Gasteiger partial charge on any atom is -0.317 e. The fraction of sp³-hybridized carbons (Fsp3) is 0.500. The number of piperidine rings is 1. The van der Waals surface area contributed by atoms with E-state index in [4.69, 9.17) is 12.6 Å². The first-order valence-electron chi connectivity index (χ1n) is 5.31. The number of thiol groups is 1. The third kappa shape index (κ3) is 2.31. The lowest BCUT2D eigenvalue weighted by molar-refractivity contribution is 0.368. The van der Waals surface area contributed by atoms with Crippen LogP contribution in [0.3, 0.4) is 0 Å². The Morgan fingerprint density at radius 3 is 2.43 bits per heavy atom. The minimum absolute atomic E-state index is 0.415. The highest BCUT2D eigenvalue weighted by Crippen LogP contribution is 2.33. The van der Waals surface area contributed by atoms with Crippen LogP contribution in [0.25, 0.3) is 0 Å². The van der Waals surface area contributed by atoms with Crippen molar-refractivity contribution in [3.8, 4) is 0 Å². The van der Waals surface area contributed by atoms with E-state index in [0.717, 1.165) is 19.0 Å². The highest BCUT2D eigenvalue weighted by atomic mass is 32.1. The van der Waals surface area contributed by atoms with E-state index in [1.165, 1.54) is 18.4 Å². The summed E-state index contributed by atoms with van der Waals surface area (Å²) < 4.78 is 0. The summed E-state index contributed by atoms with van der Waals surface area (Å²) >= 11 is 4.73. The van der Waals surface area contributed by atoms with E-state index in [9.17, 15) is 0 Å². The van der Waals surface area contributed by atoms with Crippen molar-refractivity contribution in [2.75, 3.05) is 13.1 Å². The first kappa shape index (κ1) is 10.1. The van der Waals surface area contributed by atoms with Crippen molar-refractivity contribution in [2.45, 2.75) is 18.1 Å². The van der Waals surface area contributed by atoms with Crippen LogP contribution >= 0.6 is 12.6 Å². The van der Waals surface area contributed by atoms with Crippen molar-refractivity contribution in [1.29, 1.82) is 0 Å². The maximum atomic E-state index is 4.73. The topological polar surface area (TPSA) is 12.0 Å². The summed E-state index contributed by atoms with van der Waals surface area (Å²) in [5.74, 6) is 0.738. The van der Waals surface area contributed by atoms with E-state index in [2.05, 4.69) is 35.6 Å². The second-order valence-corrected chi connectivity index (χ2v) is 4.50. The standard InChI is InChI=1S/C12H17NS/c14-12(10-4-2-1-3-5-10)11-6-8-13-9-7-11/h1-5,11-14H,6-9H2/t12-/m0/s1. The van der Waals surface area contributed by atoms with Gasteiger partial charge in [0.2, 0.25) is 0 Å². The Bertz CT molecular complexity index is 267. The fourth-order valence-electron chi connectivity index (χ4n) is 2.08. The molecule has 0 saturated carbocycles. The van der Waals surface area contributed by atoms with Crippen molar-refractivity contribution >= 4 is 12.6 Å². The van der Waals surface area contributed by atoms with Gasteiger partial charge in [-0.15, -0.1) is 0 Å². The van der Waals surface area contributed by atoms with Crippen molar-refractivity contribution in [3.05, 3.63) is 35.9 Å². The molecule has 1 fully saturated rings. The molecule has 0 unspecified atom stereocenters. The van der Waals surface area contributed by atoms with E-state index >= 15 is 0 Å². The van der Waals surface area contributed by atoms with Crippen LogP contribution in [0.2, 0.25) is 0 Å². The molecule has 0 amide bonds. The summed E-state index contributed by atoms with van der Waals surface area (Å²) in [5.41, 5.74) is 1.36. The van der Waals surface area contributed by atoms with Crippen LogP contribution in [0.15, 0.2) is 30.3 Å². The largest absolute Gasteiger partial charge is 0.317 e. The van der Waals surface area contributed by atoms with Crippen molar-refractivity contribution in [1.82, 2.24) is 5.32 Å². The Labute approximate surface area is 91.3 Å². The molecule has 76 valence electrons. The number of benzene rings is 1. The lowest BCUT2D eigenvalue weighted by atomic mass is 9.90. The van der Waals surface area contributed by atoms with Gasteiger partial charge < -0.3 is 5.32 Å². The highest BCUT2D eigenvalue weighted by Gasteiger charge is 2.21. The second-order valence-electron chi connectivity index (χ2n) is 3.94. The van der Waals surface area contributed by atoms with Gasteiger partial charge in [0.25, 0.3) is 0 Å². The monoisotopic (exact) mass is 207 g/mol. The molecule has 0 spiro atoms. The number of rotatable bonds is 2. The van der Waals surface area contributed by atoms with E-state index in [1.54, 1.807) is 0 Å². The van der Waals surface area contributed by atoms with Crippen molar-refractivity contribution < 1.29 is 0 Å². The van der Waals surface area contributed by atoms with Gasteiger partial charge in [0.1, 0.15) is 0 Å². The molecule has 1 heterocycles. The van der Waals surface area contributed by atoms with E-state index in [-0.39, 0.29) is 0 Å². The van der Waals surface area contributed by atoms with Crippen LogP contribution < -0.4 is 5.32 Å². The molecule has 1 N–H and O–H groups in total. The molecule has 2 heteroatoms. The molecular weight excluding hydrogens is 190 g/mol. The highest BCUT2D eigenvalue weighted by molar-refractivity contribution is 7.80. The van der Waals surface area contributed by atoms with E-state index in [1.807, 2.05) is 0 Å². The van der Waals surface area contributed by atoms with Gasteiger partial charge >= 0.3 is 0 Å². The Balaban J connectivity index is 2.03. The maximum absolute atomic E-state index is 4.73. The number of hydrogen-bond acceptors (Lipinski definition) is 2. The summed E-state index contributed by atoms with van der Waals surface area (Å²) in [5, 5.41) is 3.80. The van der Waals surface area contributed by atoms with Gasteiger partial charge in [0.15, 0.2) is 0 Å². The van der Waals surface area contributed by atoms with Gasteiger partial charge in [-0.1, -0.05) is 30.3 Å². The molecule has 0 aromatic heterocycles. The van der Waals surface area contributed by atoms with E-state index < -0.39 is 0 Å². The summed E-state index contributed by atoms with van der Waals surface area (Å²) in [4.78, 5) is 0. The molecule has 2 rings (SSSR count). The third-order valence-corrected chi connectivity index (χ3v) is 3.69. The number of hydrogen-bond donors (Lipinski definition) is 2. The molecule has 1 atom stereocenters. The molecule has 0 aliphatic carbocycles. The average Bonchev–Trinajstić information content (AvgIpc) is 2.30. The lowest BCUT2D eigenvalue weighted by Gasteiger charge is -2.27. The van der Waals surface area contributed by atoms with Gasteiger partial charge in [-0.25, -0.2) is 0 Å². The molecule has 1 aliphatic rings. The Morgan fingerprint density at radius 2 is 1.79 bits per heavy atom. The molecule has 1 saturated heterocycles. The summed E-state index contributed by atoms with van der Waals surface area (Å²) in [6.45, 7) is 2.29. The molecule has 0 radical (unpaired) electrons. The number of nitrogens with one attached hydrogen (secondary N) is 1. The van der Waals surface area contributed by atoms with Gasteiger partial charge in [-0.05, 0) is 37.4 Å². The fourth-order valence-corrected chi connectivity index (χ4v) is 2.55. The lowest BCUT2D eigenvalue weighted by Crippen LogP contribution is -2.29. The summed E-state index contributed by atoms with van der Waals surface area (Å²) in [6, 6.07) is 10.6. The van der Waals surface area contributed by atoms with Crippen molar-refractivity contribution in [3.63, 3.8) is 0 Å². The summed E-state index contributed by atoms with van der Waals surface area (Å²) in [7, 11) is 0. The molecule has 1 nitrogen and oxygen atoms in total. The molecule has 14 heavy (non-hydrogen) atoms. The maximum Gasteiger partial charge on any atom is 0.0296 e. The first-order chi connectivity index (χ1) is 6.88. The van der Waals surface area contributed by atoms with Crippen LogP contribution in [0.1, 0.15) is 23.7 Å². The van der Waals surface area contributed by atoms with Gasteiger partial charge in [-0.3, -0.25) is 0 Å². The third-order valence-electron chi connectivity index (χ3n) is 2.97. The van der Waals surface area contributed by atoms with E-state index in [0.29, 0.717) is 5.25 Å². The van der Waals surface area contributed by atoms with Gasteiger partial charge in [0, 0.05) is 5.25 Å². The quantitative estimate of drug-likeness (QED) is 0.711. The predicted octanol–water partition coefficient (Wildman–Crippen LogP) is 2.66. The molecule has 0 bridgehead atoms. The second kappa shape index (κ2) is 4.85. The SMILES string of the molecule is S[C@@H](c1ccccc1)C1CCNCC1. The van der Waals surface area contributed by atoms with Crippen LogP contribution in [-0.4, -0.2) is 13.1 Å². The molecule has 1 aromatic rings. The van der Waals surface area contributed by atoms with Crippen LogP contribution in [-0.2, 0) is 0 Å². The molecule has 1 aliphatic heterocycles. The normalized spacial score (nSPS) is 20.6. The summed E-state index contributed by atoms with van der Waals surface area (Å²) in [6.07, 6.45) is 2.51. The zero-order chi connectivity index (χ0) is 9.80. The average molecular weight is 207 g/mol. The zero-order valence-corrected chi connectivity index (χ0v) is 9.21.